The molecule has 0 radical (unpaired) electrons. The first-order chi connectivity index (χ1) is 8.13. The van der Waals surface area contributed by atoms with E-state index in [1.807, 2.05) is 0 Å². The highest BCUT2D eigenvalue weighted by atomic mass is 79.9. The fourth-order valence-corrected chi connectivity index (χ4v) is 1.68. The van der Waals surface area contributed by atoms with E-state index in [4.69, 9.17) is 4.74 Å². The number of rotatable bonds is 3. The van der Waals surface area contributed by atoms with Crippen LogP contribution in [-0.2, 0) is 6.61 Å². The van der Waals surface area contributed by atoms with Crippen LogP contribution < -0.4 is 4.74 Å². The van der Waals surface area contributed by atoms with Crippen molar-refractivity contribution in [3.8, 4) is 5.75 Å². The Morgan fingerprint density at radius 1 is 1.06 bits per heavy atom. The van der Waals surface area contributed by atoms with Crippen LogP contribution in [0.2, 0.25) is 0 Å². The first-order valence-electron chi connectivity index (χ1n) is 4.82. The number of hydrogen-bond acceptors (Lipinski definition) is 2. The van der Waals surface area contributed by atoms with E-state index in [9.17, 15) is 8.78 Å². The molecule has 1 heterocycles. The van der Waals surface area contributed by atoms with Gasteiger partial charge in [-0.2, -0.15) is 0 Å². The first kappa shape index (κ1) is 12.0. The standard InChI is InChI=1S/C12H8BrF2NO/c13-9-3-12(6-16-5-9)17-7-8-1-10(14)4-11(15)2-8/h1-6H,7H2. The Kier molecular flexibility index (Phi) is 3.68. The summed E-state index contributed by atoms with van der Waals surface area (Å²) < 4.78 is 31.9. The molecule has 0 spiro atoms. The Morgan fingerprint density at radius 2 is 1.76 bits per heavy atom. The van der Waals surface area contributed by atoms with Crippen LogP contribution in [0.5, 0.6) is 5.75 Å². The minimum atomic E-state index is -0.615. The largest absolute Gasteiger partial charge is 0.487 e. The van der Waals surface area contributed by atoms with Gasteiger partial charge in [-0.05, 0) is 39.7 Å². The zero-order chi connectivity index (χ0) is 12.3. The van der Waals surface area contributed by atoms with Crippen molar-refractivity contribution >= 4 is 15.9 Å². The molecule has 1 aromatic carbocycles. The second-order valence-electron chi connectivity index (χ2n) is 3.41. The number of nitrogens with zero attached hydrogens (tertiary/aromatic N) is 1. The summed E-state index contributed by atoms with van der Waals surface area (Å²) in [5.74, 6) is -0.698. The van der Waals surface area contributed by atoms with Crippen LogP contribution in [0.4, 0.5) is 8.78 Å². The molecule has 0 bridgehead atoms. The summed E-state index contributed by atoms with van der Waals surface area (Å²) in [5.41, 5.74) is 0.433. The highest BCUT2D eigenvalue weighted by Crippen LogP contribution is 2.17. The van der Waals surface area contributed by atoms with Gasteiger partial charge in [-0.3, -0.25) is 4.98 Å². The molecular weight excluding hydrogens is 292 g/mol. The summed E-state index contributed by atoms with van der Waals surface area (Å²) in [6.45, 7) is 0.0901. The molecule has 2 rings (SSSR count). The number of aromatic nitrogens is 1. The van der Waals surface area contributed by atoms with Gasteiger partial charge in [0.25, 0.3) is 0 Å². The summed E-state index contributed by atoms with van der Waals surface area (Å²) in [5, 5.41) is 0. The average Bonchev–Trinajstić information content (AvgIpc) is 2.25. The number of pyridine rings is 1. The van der Waals surface area contributed by atoms with Crippen molar-refractivity contribution in [1.29, 1.82) is 0 Å². The molecule has 0 atom stereocenters. The molecule has 88 valence electrons. The van der Waals surface area contributed by atoms with Crippen LogP contribution >= 0.6 is 15.9 Å². The smallest absolute Gasteiger partial charge is 0.139 e. The van der Waals surface area contributed by atoms with Crippen molar-refractivity contribution in [3.63, 3.8) is 0 Å². The lowest BCUT2D eigenvalue weighted by molar-refractivity contribution is 0.303. The predicted molar refractivity (Wildman–Crippen MR) is 62.6 cm³/mol. The van der Waals surface area contributed by atoms with E-state index in [1.54, 1.807) is 12.3 Å². The van der Waals surface area contributed by atoms with Crippen LogP contribution in [0.3, 0.4) is 0 Å². The lowest BCUT2D eigenvalue weighted by Gasteiger charge is -2.06. The molecule has 0 aliphatic heterocycles. The zero-order valence-electron chi connectivity index (χ0n) is 8.66. The van der Waals surface area contributed by atoms with Gasteiger partial charge in [0.15, 0.2) is 0 Å². The van der Waals surface area contributed by atoms with Crippen LogP contribution in [0, 0.1) is 11.6 Å². The summed E-state index contributed by atoms with van der Waals surface area (Å²) >= 11 is 3.25. The summed E-state index contributed by atoms with van der Waals surface area (Å²) in [6.07, 6.45) is 3.15. The summed E-state index contributed by atoms with van der Waals surface area (Å²) in [6, 6.07) is 5.01. The third kappa shape index (κ3) is 3.49. The van der Waals surface area contributed by atoms with Gasteiger partial charge in [-0.25, -0.2) is 8.78 Å². The topological polar surface area (TPSA) is 22.1 Å². The van der Waals surface area contributed by atoms with E-state index in [-0.39, 0.29) is 6.61 Å². The van der Waals surface area contributed by atoms with E-state index < -0.39 is 11.6 Å². The number of hydrogen-bond donors (Lipinski definition) is 0. The molecule has 0 fully saturated rings. The van der Waals surface area contributed by atoms with Crippen molar-refractivity contribution in [2.75, 3.05) is 0 Å². The van der Waals surface area contributed by atoms with Crippen LogP contribution in [-0.4, -0.2) is 4.98 Å². The van der Waals surface area contributed by atoms with Gasteiger partial charge in [0, 0.05) is 16.7 Å². The van der Waals surface area contributed by atoms with Gasteiger partial charge in [0.05, 0.1) is 6.20 Å². The van der Waals surface area contributed by atoms with Crippen molar-refractivity contribution in [1.82, 2.24) is 4.98 Å². The monoisotopic (exact) mass is 299 g/mol. The Balaban J connectivity index is 2.07. The van der Waals surface area contributed by atoms with Gasteiger partial charge in [-0.15, -0.1) is 0 Å². The molecule has 1 aromatic heterocycles. The summed E-state index contributed by atoms with van der Waals surface area (Å²) in [7, 11) is 0. The highest BCUT2D eigenvalue weighted by Gasteiger charge is 2.02. The lowest BCUT2D eigenvalue weighted by Crippen LogP contribution is -1.97. The molecule has 2 aromatic rings. The molecule has 0 aliphatic carbocycles. The van der Waals surface area contributed by atoms with E-state index in [0.29, 0.717) is 11.3 Å². The van der Waals surface area contributed by atoms with E-state index in [2.05, 4.69) is 20.9 Å². The van der Waals surface area contributed by atoms with Crippen molar-refractivity contribution in [2.45, 2.75) is 6.61 Å². The third-order valence-electron chi connectivity index (χ3n) is 2.01. The number of ether oxygens (including phenoxy) is 1. The van der Waals surface area contributed by atoms with E-state index in [1.165, 1.54) is 18.3 Å². The molecule has 5 heteroatoms. The second kappa shape index (κ2) is 5.23. The Bertz CT molecular complexity index is 513. The van der Waals surface area contributed by atoms with Gasteiger partial charge in [0.2, 0.25) is 0 Å². The van der Waals surface area contributed by atoms with Gasteiger partial charge >= 0.3 is 0 Å². The molecule has 17 heavy (non-hydrogen) atoms. The van der Waals surface area contributed by atoms with Crippen molar-refractivity contribution in [2.24, 2.45) is 0 Å². The second-order valence-corrected chi connectivity index (χ2v) is 4.32. The lowest BCUT2D eigenvalue weighted by atomic mass is 10.2. The van der Waals surface area contributed by atoms with Crippen molar-refractivity contribution in [3.05, 3.63) is 58.3 Å². The molecule has 0 saturated carbocycles. The predicted octanol–water partition coefficient (Wildman–Crippen LogP) is 3.70. The maximum Gasteiger partial charge on any atom is 0.139 e. The fourth-order valence-electron chi connectivity index (χ4n) is 1.33. The zero-order valence-corrected chi connectivity index (χ0v) is 10.2. The Labute approximate surface area is 105 Å². The van der Waals surface area contributed by atoms with Gasteiger partial charge < -0.3 is 4.74 Å². The Hall–Kier alpha value is -1.49. The number of halogens is 3. The molecule has 0 saturated heterocycles. The number of benzene rings is 1. The molecule has 0 aliphatic rings. The molecule has 0 N–H and O–H groups in total. The molecule has 0 amide bonds. The van der Waals surface area contributed by atoms with Crippen LogP contribution in [0.15, 0.2) is 41.1 Å². The highest BCUT2D eigenvalue weighted by molar-refractivity contribution is 9.10. The maximum atomic E-state index is 12.9. The van der Waals surface area contributed by atoms with Crippen molar-refractivity contribution < 1.29 is 13.5 Å². The minimum absolute atomic E-state index is 0.0901. The maximum absolute atomic E-state index is 12.9. The van der Waals surface area contributed by atoms with E-state index in [0.717, 1.165) is 10.5 Å². The molecular formula is C12H8BrF2NO. The van der Waals surface area contributed by atoms with Gasteiger partial charge in [0.1, 0.15) is 24.0 Å². The quantitative estimate of drug-likeness (QED) is 0.862. The Morgan fingerprint density at radius 3 is 2.41 bits per heavy atom. The van der Waals surface area contributed by atoms with Gasteiger partial charge in [-0.1, -0.05) is 0 Å². The molecule has 2 nitrogen and oxygen atoms in total. The first-order valence-corrected chi connectivity index (χ1v) is 5.61. The average molecular weight is 300 g/mol. The molecule has 0 unspecified atom stereocenters. The normalized spacial score (nSPS) is 10.3. The van der Waals surface area contributed by atoms with Crippen LogP contribution in [0.1, 0.15) is 5.56 Å². The SMILES string of the molecule is Fc1cc(F)cc(COc2cncc(Br)c2)c1. The third-order valence-corrected chi connectivity index (χ3v) is 2.44. The fraction of sp³-hybridized carbons (Fsp3) is 0.0833. The van der Waals surface area contributed by atoms with E-state index >= 15 is 0 Å². The van der Waals surface area contributed by atoms with Crippen LogP contribution in [0.25, 0.3) is 0 Å². The minimum Gasteiger partial charge on any atom is -0.487 e. The summed E-state index contributed by atoms with van der Waals surface area (Å²) in [4.78, 5) is 3.91.